The summed E-state index contributed by atoms with van der Waals surface area (Å²) in [6, 6.07) is 9.92. The minimum absolute atomic E-state index is 0.0685. The molecular weight excluding hydrogens is 238 g/mol. The second-order valence-corrected chi connectivity index (χ2v) is 5.40. The van der Waals surface area contributed by atoms with Gasteiger partial charge >= 0.3 is 0 Å². The molecule has 0 fully saturated rings. The summed E-state index contributed by atoms with van der Waals surface area (Å²) in [6.07, 6.45) is 0. The Kier molecular flexibility index (Phi) is 5.08. The van der Waals surface area contributed by atoms with Crippen molar-refractivity contribution in [3.63, 3.8) is 0 Å². The van der Waals surface area contributed by atoms with Crippen LogP contribution in [0.25, 0.3) is 0 Å². The van der Waals surface area contributed by atoms with Crippen molar-refractivity contribution in [2.45, 2.75) is 39.2 Å². The van der Waals surface area contributed by atoms with Crippen LogP contribution >= 0.6 is 0 Å². The summed E-state index contributed by atoms with van der Waals surface area (Å²) in [5.41, 5.74) is 1.17. The Hall–Kier alpha value is -1.86. The molecule has 0 spiro atoms. The molecule has 0 aliphatic carbocycles. The van der Waals surface area contributed by atoms with Crippen molar-refractivity contribution in [2.24, 2.45) is 0 Å². The molecule has 0 aliphatic rings. The van der Waals surface area contributed by atoms with E-state index in [2.05, 4.69) is 16.7 Å². The third-order valence-corrected chi connectivity index (χ3v) is 2.84. The van der Waals surface area contributed by atoms with Gasteiger partial charge in [-0.05, 0) is 31.5 Å². The number of anilines is 1. The first-order valence-electron chi connectivity index (χ1n) is 6.40. The highest BCUT2D eigenvalue weighted by Gasteiger charge is 2.19. The summed E-state index contributed by atoms with van der Waals surface area (Å²) in [5, 5.41) is 14.9. The average Bonchev–Trinajstić information content (AvgIpc) is 2.37. The highest BCUT2D eigenvalue weighted by Crippen LogP contribution is 2.23. The Balaban J connectivity index is 2.63. The maximum atomic E-state index is 11.6. The molecule has 1 rings (SSSR count). The van der Waals surface area contributed by atoms with E-state index < -0.39 is 5.41 Å². The van der Waals surface area contributed by atoms with E-state index in [9.17, 15) is 4.79 Å². The number of nitriles is 1. The number of hydrogen-bond donors (Lipinski definition) is 2. The average molecular weight is 259 g/mol. The van der Waals surface area contributed by atoms with Gasteiger partial charge in [0.1, 0.15) is 0 Å². The van der Waals surface area contributed by atoms with E-state index in [1.165, 1.54) is 0 Å². The van der Waals surface area contributed by atoms with Crippen molar-refractivity contribution in [2.75, 3.05) is 11.9 Å². The molecule has 1 amide bonds. The van der Waals surface area contributed by atoms with E-state index in [1.807, 2.05) is 52.0 Å². The van der Waals surface area contributed by atoms with E-state index in [4.69, 9.17) is 5.26 Å². The Labute approximate surface area is 114 Å². The zero-order valence-electron chi connectivity index (χ0n) is 11.9. The van der Waals surface area contributed by atoms with Crippen molar-refractivity contribution in [1.82, 2.24) is 5.32 Å². The molecule has 2 N–H and O–H groups in total. The zero-order valence-corrected chi connectivity index (χ0v) is 11.9. The summed E-state index contributed by atoms with van der Waals surface area (Å²) in [5.74, 6) is -0.0685. The number of benzene rings is 1. The Morgan fingerprint density at radius 2 is 1.89 bits per heavy atom. The van der Waals surface area contributed by atoms with Crippen LogP contribution in [0.2, 0.25) is 0 Å². The highest BCUT2D eigenvalue weighted by atomic mass is 16.1. The third-order valence-electron chi connectivity index (χ3n) is 2.84. The molecule has 1 aromatic rings. The van der Waals surface area contributed by atoms with Gasteiger partial charge in [0.15, 0.2) is 0 Å². The predicted octanol–water partition coefficient (Wildman–Crippen LogP) is 2.42. The van der Waals surface area contributed by atoms with Crippen molar-refractivity contribution in [3.05, 3.63) is 29.8 Å². The fourth-order valence-corrected chi connectivity index (χ4v) is 1.54. The van der Waals surface area contributed by atoms with Gasteiger partial charge in [-0.25, -0.2) is 0 Å². The number of nitrogens with one attached hydrogen (secondary N) is 2. The van der Waals surface area contributed by atoms with Gasteiger partial charge in [-0.15, -0.1) is 0 Å². The first-order chi connectivity index (χ1) is 8.85. The Morgan fingerprint density at radius 1 is 1.32 bits per heavy atom. The normalized spacial score (nSPS) is 11.2. The fourth-order valence-electron chi connectivity index (χ4n) is 1.54. The van der Waals surface area contributed by atoms with E-state index >= 15 is 0 Å². The quantitative estimate of drug-likeness (QED) is 0.853. The fraction of sp³-hybridized carbons (Fsp3) is 0.467. The SMILES string of the molecule is CC(C)NCC(=O)Nc1ccc(C(C)(C)C#N)cc1. The largest absolute Gasteiger partial charge is 0.325 e. The Bertz CT molecular complexity index is 469. The van der Waals surface area contributed by atoms with Gasteiger partial charge in [0.05, 0.1) is 18.0 Å². The molecule has 0 radical (unpaired) electrons. The molecule has 0 heterocycles. The van der Waals surface area contributed by atoms with E-state index in [-0.39, 0.29) is 11.9 Å². The maximum absolute atomic E-state index is 11.6. The van der Waals surface area contributed by atoms with Crippen LogP contribution < -0.4 is 10.6 Å². The van der Waals surface area contributed by atoms with Gasteiger partial charge in [-0.2, -0.15) is 5.26 Å². The number of carbonyl (C=O) groups is 1. The maximum Gasteiger partial charge on any atom is 0.238 e. The van der Waals surface area contributed by atoms with Crippen LogP contribution in [0.5, 0.6) is 0 Å². The highest BCUT2D eigenvalue weighted by molar-refractivity contribution is 5.92. The summed E-state index contributed by atoms with van der Waals surface area (Å²) in [4.78, 5) is 11.6. The van der Waals surface area contributed by atoms with Crippen LogP contribution in [0.15, 0.2) is 24.3 Å². The molecule has 4 nitrogen and oxygen atoms in total. The molecular formula is C15H21N3O. The monoisotopic (exact) mass is 259 g/mol. The minimum atomic E-state index is -0.512. The summed E-state index contributed by atoms with van der Waals surface area (Å²) in [6.45, 7) is 8.02. The van der Waals surface area contributed by atoms with Gasteiger partial charge in [-0.3, -0.25) is 4.79 Å². The van der Waals surface area contributed by atoms with Crippen molar-refractivity contribution < 1.29 is 4.79 Å². The topological polar surface area (TPSA) is 64.9 Å². The van der Waals surface area contributed by atoms with E-state index in [0.717, 1.165) is 11.3 Å². The molecule has 0 aromatic heterocycles. The zero-order chi connectivity index (χ0) is 14.5. The molecule has 0 unspecified atom stereocenters. The standard InChI is InChI=1S/C15H21N3O/c1-11(2)17-9-14(19)18-13-7-5-12(6-8-13)15(3,4)10-16/h5-8,11,17H,9H2,1-4H3,(H,18,19). The van der Waals surface area contributed by atoms with Gasteiger partial charge < -0.3 is 10.6 Å². The number of hydrogen-bond acceptors (Lipinski definition) is 3. The number of rotatable bonds is 5. The van der Waals surface area contributed by atoms with Gasteiger partial charge in [0.2, 0.25) is 5.91 Å². The second-order valence-electron chi connectivity index (χ2n) is 5.40. The first-order valence-corrected chi connectivity index (χ1v) is 6.40. The van der Waals surface area contributed by atoms with E-state index in [0.29, 0.717) is 6.54 Å². The molecule has 19 heavy (non-hydrogen) atoms. The lowest BCUT2D eigenvalue weighted by molar-refractivity contribution is -0.115. The van der Waals surface area contributed by atoms with Gasteiger partial charge in [0, 0.05) is 11.7 Å². The lowest BCUT2D eigenvalue weighted by atomic mass is 9.86. The molecule has 0 bridgehead atoms. The van der Waals surface area contributed by atoms with Gasteiger partial charge in [-0.1, -0.05) is 26.0 Å². The van der Waals surface area contributed by atoms with Crippen LogP contribution in [0.3, 0.4) is 0 Å². The van der Waals surface area contributed by atoms with E-state index in [1.54, 1.807) is 0 Å². The molecule has 0 atom stereocenters. The summed E-state index contributed by atoms with van der Waals surface area (Å²) < 4.78 is 0. The number of amides is 1. The second kappa shape index (κ2) is 6.35. The van der Waals surface area contributed by atoms with Crippen LogP contribution in [0, 0.1) is 11.3 Å². The predicted molar refractivity (Wildman–Crippen MR) is 76.8 cm³/mol. The molecule has 4 heteroatoms. The van der Waals surface area contributed by atoms with Crippen LogP contribution in [-0.4, -0.2) is 18.5 Å². The summed E-state index contributed by atoms with van der Waals surface area (Å²) in [7, 11) is 0. The van der Waals surface area contributed by atoms with Crippen molar-refractivity contribution >= 4 is 11.6 Å². The van der Waals surface area contributed by atoms with Crippen LogP contribution in [0.1, 0.15) is 33.3 Å². The third kappa shape index (κ3) is 4.72. The lowest BCUT2D eigenvalue weighted by Gasteiger charge is -2.16. The smallest absolute Gasteiger partial charge is 0.238 e. The molecule has 0 aliphatic heterocycles. The minimum Gasteiger partial charge on any atom is -0.325 e. The molecule has 102 valence electrons. The van der Waals surface area contributed by atoms with Gasteiger partial charge in [0.25, 0.3) is 0 Å². The molecule has 0 saturated carbocycles. The lowest BCUT2D eigenvalue weighted by Crippen LogP contribution is -2.32. The van der Waals surface area contributed by atoms with Crippen molar-refractivity contribution in [3.8, 4) is 6.07 Å². The molecule has 0 saturated heterocycles. The Morgan fingerprint density at radius 3 is 2.37 bits per heavy atom. The van der Waals surface area contributed by atoms with Crippen LogP contribution in [0.4, 0.5) is 5.69 Å². The van der Waals surface area contributed by atoms with Crippen molar-refractivity contribution in [1.29, 1.82) is 5.26 Å². The molecule has 1 aromatic carbocycles. The first kappa shape index (κ1) is 15.2. The van der Waals surface area contributed by atoms with Crippen LogP contribution in [-0.2, 0) is 10.2 Å². The number of nitrogens with zero attached hydrogens (tertiary/aromatic N) is 1. The number of carbonyl (C=O) groups excluding carboxylic acids is 1. The summed E-state index contributed by atoms with van der Waals surface area (Å²) >= 11 is 0.